The van der Waals surface area contributed by atoms with Crippen LogP contribution in [0.25, 0.3) is 11.2 Å². The van der Waals surface area contributed by atoms with Crippen LogP contribution < -0.4 is 4.98 Å². The quantitative estimate of drug-likeness (QED) is 0.709. The van der Waals surface area contributed by atoms with E-state index in [0.717, 1.165) is 17.0 Å². The molecule has 0 aliphatic rings. The molecular weight excluding hydrogens is 324 g/mol. The molecule has 0 saturated carbocycles. The molecule has 0 N–H and O–H groups in total. The van der Waals surface area contributed by atoms with Gasteiger partial charge in [-0.1, -0.05) is 0 Å². The Labute approximate surface area is 84.1 Å². The average Bonchev–Trinajstić information content (AvgIpc) is 2.34. The fraction of sp³-hybridized carbons (Fsp3) is 0.286. The monoisotopic (exact) mass is 331 g/mol. The van der Waals surface area contributed by atoms with Crippen molar-refractivity contribution in [3.63, 3.8) is 0 Å². The minimum atomic E-state index is 0. The molecule has 0 atom stereocenters. The van der Waals surface area contributed by atoms with Crippen LogP contribution in [0.1, 0.15) is 11.5 Å². The Hall–Kier alpha value is -0.762. The smallest absolute Gasteiger partial charge is 0.0574 e. The molecule has 0 radical (unpaired) electrons. The summed E-state index contributed by atoms with van der Waals surface area (Å²) < 4.78 is 0. The van der Waals surface area contributed by atoms with Crippen molar-refractivity contribution in [2.45, 2.75) is 13.8 Å². The Bertz CT molecular complexity index is 395. The van der Waals surface area contributed by atoms with E-state index in [9.17, 15) is 0 Å². The minimum Gasteiger partial charge on any atom is -0.366 e. The number of fused-ring (bicyclic) bond motifs is 1. The Morgan fingerprint density at radius 2 is 2.00 bits per heavy atom. The van der Waals surface area contributed by atoms with E-state index in [1.54, 1.807) is 0 Å². The first-order chi connectivity index (χ1) is 5.27. The summed E-state index contributed by atoms with van der Waals surface area (Å²) in [6, 6.07) is 0. The van der Waals surface area contributed by atoms with E-state index in [0.29, 0.717) is 5.65 Å². The SMILES string of the molecule is Cc1nc(C)c2nc[n-]c2n1.[W]. The van der Waals surface area contributed by atoms with E-state index in [2.05, 4.69) is 19.9 Å². The molecule has 0 bridgehead atoms. The van der Waals surface area contributed by atoms with Gasteiger partial charge in [-0.25, -0.2) is 0 Å². The number of hydrogen-bond acceptors (Lipinski definition) is 3. The number of aryl methyl sites for hydroxylation is 2. The fourth-order valence-corrected chi connectivity index (χ4v) is 1.07. The van der Waals surface area contributed by atoms with Crippen LogP contribution in [0, 0.1) is 13.8 Å². The van der Waals surface area contributed by atoms with Gasteiger partial charge in [0.1, 0.15) is 0 Å². The van der Waals surface area contributed by atoms with E-state index in [1.807, 2.05) is 13.8 Å². The van der Waals surface area contributed by atoms with Gasteiger partial charge in [0, 0.05) is 37.9 Å². The minimum absolute atomic E-state index is 0. The van der Waals surface area contributed by atoms with E-state index < -0.39 is 0 Å². The first kappa shape index (κ1) is 9.33. The Morgan fingerprint density at radius 1 is 1.25 bits per heavy atom. The van der Waals surface area contributed by atoms with Gasteiger partial charge in [0.05, 0.1) is 5.82 Å². The summed E-state index contributed by atoms with van der Waals surface area (Å²) in [6.45, 7) is 3.76. The predicted molar refractivity (Wildman–Crippen MR) is 40.1 cm³/mol. The Balaban J connectivity index is 0.000000720. The molecule has 12 heavy (non-hydrogen) atoms. The van der Waals surface area contributed by atoms with Crippen LogP contribution in [0.3, 0.4) is 0 Å². The van der Waals surface area contributed by atoms with Crippen molar-refractivity contribution < 1.29 is 21.1 Å². The van der Waals surface area contributed by atoms with E-state index in [-0.39, 0.29) is 21.1 Å². The standard InChI is InChI=1S/C7H7N4.W/c1-4-6-7(9-3-8-6)11-5(2)10-4;/h3H,1-2H3;/q-1;. The van der Waals surface area contributed by atoms with Crippen molar-refractivity contribution in [2.75, 3.05) is 0 Å². The first-order valence-electron chi connectivity index (χ1n) is 3.36. The van der Waals surface area contributed by atoms with Crippen molar-refractivity contribution in [3.8, 4) is 0 Å². The van der Waals surface area contributed by atoms with Gasteiger partial charge >= 0.3 is 0 Å². The fourth-order valence-electron chi connectivity index (χ4n) is 1.07. The van der Waals surface area contributed by atoms with Gasteiger partial charge in [-0.15, -0.1) is 0 Å². The molecule has 2 rings (SSSR count). The summed E-state index contributed by atoms with van der Waals surface area (Å²) in [7, 11) is 0. The second-order valence-electron chi connectivity index (χ2n) is 2.40. The topological polar surface area (TPSA) is 52.8 Å². The molecule has 0 unspecified atom stereocenters. The maximum absolute atomic E-state index is 4.16. The number of aromatic nitrogens is 4. The summed E-state index contributed by atoms with van der Waals surface area (Å²) in [5, 5.41) is 0. The van der Waals surface area contributed by atoms with Gasteiger partial charge in [0.25, 0.3) is 0 Å². The van der Waals surface area contributed by atoms with E-state index in [4.69, 9.17) is 0 Å². The van der Waals surface area contributed by atoms with E-state index in [1.165, 1.54) is 6.33 Å². The molecule has 0 fully saturated rings. The summed E-state index contributed by atoms with van der Waals surface area (Å²) in [6.07, 6.45) is 1.51. The van der Waals surface area contributed by atoms with Gasteiger partial charge in [0.15, 0.2) is 0 Å². The molecule has 62 valence electrons. The van der Waals surface area contributed by atoms with E-state index >= 15 is 0 Å². The summed E-state index contributed by atoms with van der Waals surface area (Å²) >= 11 is 0. The zero-order chi connectivity index (χ0) is 7.84. The molecule has 0 saturated heterocycles. The molecule has 0 spiro atoms. The molecule has 4 nitrogen and oxygen atoms in total. The molecule has 0 aliphatic carbocycles. The number of hydrogen-bond donors (Lipinski definition) is 0. The van der Waals surface area contributed by atoms with Crippen LogP contribution in [-0.4, -0.2) is 15.0 Å². The predicted octanol–water partition coefficient (Wildman–Crippen LogP) is 0.596. The average molecular weight is 331 g/mol. The van der Waals surface area contributed by atoms with Crippen molar-refractivity contribution in [1.29, 1.82) is 0 Å². The zero-order valence-electron chi connectivity index (χ0n) is 6.77. The van der Waals surface area contributed by atoms with Crippen LogP contribution in [0.5, 0.6) is 0 Å². The van der Waals surface area contributed by atoms with Crippen molar-refractivity contribution in [3.05, 3.63) is 17.8 Å². The van der Waals surface area contributed by atoms with Gasteiger partial charge in [-0.05, 0) is 20.2 Å². The van der Waals surface area contributed by atoms with Crippen molar-refractivity contribution >= 4 is 11.2 Å². The number of rotatable bonds is 0. The molecule has 2 aromatic rings. The molecule has 2 heterocycles. The normalized spacial score (nSPS) is 9.83. The van der Waals surface area contributed by atoms with Crippen LogP contribution >= 0.6 is 0 Å². The molecular formula is C7H7N4W-. The second kappa shape index (κ2) is 3.31. The van der Waals surface area contributed by atoms with Gasteiger partial charge < -0.3 is 15.0 Å². The maximum atomic E-state index is 4.16. The van der Waals surface area contributed by atoms with Crippen LogP contribution in [0.4, 0.5) is 0 Å². The molecule has 2 aromatic heterocycles. The molecule has 0 aromatic carbocycles. The summed E-state index contributed by atoms with van der Waals surface area (Å²) in [5.41, 5.74) is 2.38. The third-order valence-corrected chi connectivity index (χ3v) is 1.52. The summed E-state index contributed by atoms with van der Waals surface area (Å²) in [5.74, 6) is 0.746. The third kappa shape index (κ3) is 1.39. The Morgan fingerprint density at radius 3 is 2.75 bits per heavy atom. The van der Waals surface area contributed by atoms with Crippen molar-refractivity contribution in [1.82, 2.24) is 19.9 Å². The third-order valence-electron chi connectivity index (χ3n) is 1.52. The van der Waals surface area contributed by atoms with Gasteiger partial charge in [-0.3, -0.25) is 4.98 Å². The largest absolute Gasteiger partial charge is 0.366 e. The Kier molecular flexibility index (Phi) is 2.58. The number of imidazole rings is 1. The van der Waals surface area contributed by atoms with Crippen LogP contribution in [0.2, 0.25) is 0 Å². The first-order valence-corrected chi connectivity index (χ1v) is 3.36. The van der Waals surface area contributed by atoms with Crippen LogP contribution in [-0.2, 0) is 21.1 Å². The van der Waals surface area contributed by atoms with Crippen LogP contribution in [0.15, 0.2) is 6.33 Å². The van der Waals surface area contributed by atoms with Crippen molar-refractivity contribution in [2.24, 2.45) is 0 Å². The molecule has 0 amide bonds. The second-order valence-corrected chi connectivity index (χ2v) is 2.40. The zero-order valence-corrected chi connectivity index (χ0v) is 9.71. The van der Waals surface area contributed by atoms with Gasteiger partial charge in [-0.2, -0.15) is 0 Å². The molecule has 0 aliphatic heterocycles. The number of nitrogens with zero attached hydrogens (tertiary/aromatic N) is 4. The summed E-state index contributed by atoms with van der Waals surface area (Å²) in [4.78, 5) is 16.3. The molecule has 5 heteroatoms. The van der Waals surface area contributed by atoms with Gasteiger partial charge in [0.2, 0.25) is 0 Å². The maximum Gasteiger partial charge on any atom is 0.0574 e.